The zero-order chi connectivity index (χ0) is 20.2. The highest BCUT2D eigenvalue weighted by Crippen LogP contribution is 2.31. The molecule has 4 rings (SSSR count). The van der Waals surface area contributed by atoms with Crippen LogP contribution in [0.5, 0.6) is 0 Å². The summed E-state index contributed by atoms with van der Waals surface area (Å²) in [5, 5.41) is 9.07. The van der Waals surface area contributed by atoms with Crippen LogP contribution in [0.3, 0.4) is 0 Å². The Kier molecular flexibility index (Phi) is 5.50. The molecule has 0 spiro atoms. The Labute approximate surface area is 176 Å². The van der Waals surface area contributed by atoms with Crippen molar-refractivity contribution in [3.63, 3.8) is 0 Å². The van der Waals surface area contributed by atoms with Crippen LogP contribution in [0.4, 0.5) is 5.69 Å². The lowest BCUT2D eigenvalue weighted by Gasteiger charge is -2.20. The lowest BCUT2D eigenvalue weighted by Crippen LogP contribution is -2.13. The van der Waals surface area contributed by atoms with Gasteiger partial charge in [0.15, 0.2) is 0 Å². The van der Waals surface area contributed by atoms with Crippen LogP contribution in [0.1, 0.15) is 22.5 Å². The number of aromatic nitrogens is 2. The number of rotatable bonds is 5. The van der Waals surface area contributed by atoms with Gasteiger partial charge < -0.3 is 5.32 Å². The first-order valence-electron chi connectivity index (χ1n) is 9.53. The molecular formula is C25H22ClN3. The minimum atomic E-state index is 0.707. The molecule has 1 heterocycles. The molecule has 4 heteroatoms. The molecule has 29 heavy (non-hydrogen) atoms. The molecule has 0 saturated carbocycles. The summed E-state index contributed by atoms with van der Waals surface area (Å²) in [5.41, 5.74) is 6.28. The van der Waals surface area contributed by atoms with E-state index in [2.05, 4.69) is 66.8 Å². The van der Waals surface area contributed by atoms with Crippen molar-refractivity contribution in [3.8, 4) is 0 Å². The van der Waals surface area contributed by atoms with Crippen molar-refractivity contribution in [1.29, 1.82) is 0 Å². The minimum Gasteiger partial charge on any atom is -0.340 e. The topological polar surface area (TPSA) is 29.9 Å². The van der Waals surface area contributed by atoms with Crippen molar-refractivity contribution in [2.45, 2.75) is 13.8 Å². The number of hydrogen-bond donors (Lipinski definition) is 1. The van der Waals surface area contributed by atoms with Gasteiger partial charge in [-0.2, -0.15) is 5.10 Å². The second-order valence-electron chi connectivity index (χ2n) is 6.93. The average molecular weight is 400 g/mol. The van der Waals surface area contributed by atoms with Crippen LogP contribution in [0.2, 0.25) is 5.02 Å². The number of halogens is 1. The van der Waals surface area contributed by atoms with E-state index in [9.17, 15) is 0 Å². The van der Waals surface area contributed by atoms with Gasteiger partial charge in [0.2, 0.25) is 0 Å². The summed E-state index contributed by atoms with van der Waals surface area (Å²) < 4.78 is 1.97. The van der Waals surface area contributed by atoms with Crippen molar-refractivity contribution in [2.75, 3.05) is 5.32 Å². The van der Waals surface area contributed by atoms with Crippen LogP contribution < -0.4 is 5.32 Å². The lowest BCUT2D eigenvalue weighted by atomic mass is 9.97. The second-order valence-corrected chi connectivity index (χ2v) is 7.36. The Balaban J connectivity index is 1.99. The molecule has 0 unspecified atom stereocenters. The second kappa shape index (κ2) is 8.38. The van der Waals surface area contributed by atoms with Gasteiger partial charge in [0.1, 0.15) is 5.82 Å². The molecule has 0 saturated heterocycles. The number of aryl methyl sites for hydroxylation is 2. The first kappa shape index (κ1) is 19.0. The van der Waals surface area contributed by atoms with Crippen LogP contribution in [0.15, 0.2) is 91.0 Å². The SMILES string of the molecule is Cc1cc(C)n(C(Nc2ccc(Cl)cc2)=C(c2ccccc2)c2ccccc2)n1. The van der Waals surface area contributed by atoms with Gasteiger partial charge >= 0.3 is 0 Å². The van der Waals surface area contributed by atoms with Crippen LogP contribution in [-0.4, -0.2) is 9.78 Å². The van der Waals surface area contributed by atoms with E-state index in [-0.39, 0.29) is 0 Å². The molecule has 3 nitrogen and oxygen atoms in total. The highest BCUT2D eigenvalue weighted by molar-refractivity contribution is 6.30. The fraction of sp³-hybridized carbons (Fsp3) is 0.0800. The third kappa shape index (κ3) is 4.25. The standard InChI is InChI=1S/C25H22ClN3/c1-18-17-19(2)29(28-18)25(27-23-15-13-22(26)14-16-23)24(20-9-5-3-6-10-20)21-11-7-4-8-12-21/h3-17,27H,1-2H3. The van der Waals surface area contributed by atoms with Crippen molar-refractivity contribution < 1.29 is 0 Å². The van der Waals surface area contributed by atoms with Gasteiger partial charge in [0, 0.05) is 22.0 Å². The van der Waals surface area contributed by atoms with Crippen LogP contribution in [0, 0.1) is 13.8 Å². The van der Waals surface area contributed by atoms with E-state index in [1.165, 1.54) is 0 Å². The lowest BCUT2D eigenvalue weighted by molar-refractivity contribution is 0.851. The number of anilines is 1. The summed E-state index contributed by atoms with van der Waals surface area (Å²) in [7, 11) is 0. The third-order valence-electron chi connectivity index (χ3n) is 4.69. The zero-order valence-electron chi connectivity index (χ0n) is 16.4. The van der Waals surface area contributed by atoms with Gasteiger partial charge in [-0.15, -0.1) is 0 Å². The number of nitrogens with one attached hydrogen (secondary N) is 1. The molecule has 0 aliphatic carbocycles. The average Bonchev–Trinajstić information content (AvgIpc) is 3.08. The Hall–Kier alpha value is -3.30. The predicted molar refractivity (Wildman–Crippen MR) is 122 cm³/mol. The van der Waals surface area contributed by atoms with Gasteiger partial charge in [-0.05, 0) is 55.3 Å². The summed E-state index contributed by atoms with van der Waals surface area (Å²) in [6, 6.07) is 30.6. The molecule has 0 amide bonds. The van der Waals surface area contributed by atoms with Crippen molar-refractivity contribution in [1.82, 2.24) is 9.78 Å². The van der Waals surface area contributed by atoms with Crippen molar-refractivity contribution >= 4 is 28.7 Å². The number of benzene rings is 3. The smallest absolute Gasteiger partial charge is 0.140 e. The van der Waals surface area contributed by atoms with Crippen LogP contribution >= 0.6 is 11.6 Å². The fourth-order valence-electron chi connectivity index (χ4n) is 3.40. The Bertz CT molecular complexity index is 1090. The fourth-order valence-corrected chi connectivity index (χ4v) is 3.52. The summed E-state index contributed by atoms with van der Waals surface area (Å²) in [6.07, 6.45) is 0. The Morgan fingerprint density at radius 2 is 1.34 bits per heavy atom. The Morgan fingerprint density at radius 3 is 1.83 bits per heavy atom. The van der Waals surface area contributed by atoms with E-state index in [0.717, 1.165) is 39.6 Å². The van der Waals surface area contributed by atoms with E-state index in [0.29, 0.717) is 5.02 Å². The van der Waals surface area contributed by atoms with E-state index < -0.39 is 0 Å². The van der Waals surface area contributed by atoms with Crippen molar-refractivity contribution in [3.05, 3.63) is 119 Å². The van der Waals surface area contributed by atoms with E-state index in [1.807, 2.05) is 48.0 Å². The summed E-state index contributed by atoms with van der Waals surface area (Å²) in [4.78, 5) is 0. The number of nitrogens with zero attached hydrogens (tertiary/aromatic N) is 2. The molecule has 1 N–H and O–H groups in total. The van der Waals surface area contributed by atoms with Crippen molar-refractivity contribution in [2.24, 2.45) is 0 Å². The van der Waals surface area contributed by atoms with Gasteiger partial charge in [-0.3, -0.25) is 0 Å². The molecule has 4 aromatic rings. The van der Waals surface area contributed by atoms with Crippen LogP contribution in [-0.2, 0) is 0 Å². The van der Waals surface area contributed by atoms with Gasteiger partial charge in [0.05, 0.1) is 5.69 Å². The van der Waals surface area contributed by atoms with Gasteiger partial charge in [-0.1, -0.05) is 72.3 Å². The maximum absolute atomic E-state index is 6.09. The van der Waals surface area contributed by atoms with Gasteiger partial charge in [-0.25, -0.2) is 4.68 Å². The normalized spacial score (nSPS) is 10.6. The molecule has 144 valence electrons. The molecular weight excluding hydrogens is 378 g/mol. The molecule has 1 aromatic heterocycles. The minimum absolute atomic E-state index is 0.707. The third-order valence-corrected chi connectivity index (χ3v) is 4.94. The van der Waals surface area contributed by atoms with E-state index >= 15 is 0 Å². The first-order valence-corrected chi connectivity index (χ1v) is 9.91. The molecule has 0 aliphatic heterocycles. The summed E-state index contributed by atoms with van der Waals surface area (Å²) >= 11 is 6.09. The molecule has 0 fully saturated rings. The number of hydrogen-bond acceptors (Lipinski definition) is 2. The van der Waals surface area contributed by atoms with Gasteiger partial charge in [0.25, 0.3) is 0 Å². The summed E-state index contributed by atoms with van der Waals surface area (Å²) in [6.45, 7) is 4.07. The maximum Gasteiger partial charge on any atom is 0.140 e. The largest absolute Gasteiger partial charge is 0.340 e. The highest BCUT2D eigenvalue weighted by Gasteiger charge is 2.17. The van der Waals surface area contributed by atoms with E-state index in [4.69, 9.17) is 16.7 Å². The molecule has 0 bridgehead atoms. The maximum atomic E-state index is 6.09. The Morgan fingerprint density at radius 1 is 0.793 bits per heavy atom. The molecule has 3 aromatic carbocycles. The van der Waals surface area contributed by atoms with E-state index in [1.54, 1.807) is 0 Å². The summed E-state index contributed by atoms with van der Waals surface area (Å²) in [5.74, 6) is 0.898. The molecule has 0 radical (unpaired) electrons. The monoisotopic (exact) mass is 399 g/mol. The first-order chi connectivity index (χ1) is 14.1. The van der Waals surface area contributed by atoms with Crippen LogP contribution in [0.25, 0.3) is 11.4 Å². The molecule has 0 atom stereocenters. The molecule has 0 aliphatic rings. The quantitative estimate of drug-likeness (QED) is 0.407. The predicted octanol–water partition coefficient (Wildman–Crippen LogP) is 6.64. The highest BCUT2D eigenvalue weighted by atomic mass is 35.5. The zero-order valence-corrected chi connectivity index (χ0v) is 17.2.